The van der Waals surface area contributed by atoms with Gasteiger partial charge in [0.05, 0.1) is 18.5 Å². The summed E-state index contributed by atoms with van der Waals surface area (Å²) in [5, 5.41) is 16.3. The van der Waals surface area contributed by atoms with Crippen molar-refractivity contribution in [3.63, 3.8) is 0 Å². The van der Waals surface area contributed by atoms with Gasteiger partial charge in [-0.15, -0.1) is 0 Å². The molecule has 1 saturated carbocycles. The van der Waals surface area contributed by atoms with E-state index < -0.39 is 6.09 Å². The third-order valence-corrected chi connectivity index (χ3v) is 7.51. The van der Waals surface area contributed by atoms with Crippen LogP contribution < -0.4 is 15.0 Å². The van der Waals surface area contributed by atoms with Crippen molar-refractivity contribution in [2.45, 2.75) is 31.7 Å². The number of piperazine rings is 1. The summed E-state index contributed by atoms with van der Waals surface area (Å²) in [4.78, 5) is 24.2. The highest BCUT2D eigenvalue weighted by Gasteiger charge is 2.24. The molecule has 1 aliphatic carbocycles. The second-order valence-electron chi connectivity index (χ2n) is 9.80. The Morgan fingerprint density at radius 3 is 2.49 bits per heavy atom. The predicted molar refractivity (Wildman–Crippen MR) is 142 cm³/mol. The largest absolute Gasteiger partial charge is 0.488 e. The Balaban J connectivity index is 1.25. The van der Waals surface area contributed by atoms with Crippen molar-refractivity contribution in [2.75, 3.05) is 44.7 Å². The Bertz CT molecular complexity index is 1200. The summed E-state index contributed by atoms with van der Waals surface area (Å²) in [6.07, 6.45) is 7.49. The molecule has 11 heteroatoms. The van der Waals surface area contributed by atoms with Crippen LogP contribution in [0.3, 0.4) is 0 Å². The fourth-order valence-corrected chi connectivity index (χ4v) is 5.19. The molecule has 2 N–H and O–H groups in total. The van der Waals surface area contributed by atoms with Crippen molar-refractivity contribution in [2.24, 2.45) is 5.92 Å². The van der Waals surface area contributed by atoms with E-state index in [2.05, 4.69) is 61.5 Å². The van der Waals surface area contributed by atoms with Gasteiger partial charge in [-0.2, -0.15) is 5.10 Å². The molecule has 0 spiro atoms. The molecule has 1 saturated heterocycles. The first kappa shape index (κ1) is 25.3. The number of anilines is 1. The maximum absolute atomic E-state index is 10.9. The maximum atomic E-state index is 10.9. The van der Waals surface area contributed by atoms with Gasteiger partial charge in [-0.05, 0) is 62.9 Å². The normalized spacial score (nSPS) is 20.5. The van der Waals surface area contributed by atoms with Crippen LogP contribution >= 0.6 is 11.6 Å². The Hall–Kier alpha value is -3.37. The van der Waals surface area contributed by atoms with Crippen LogP contribution in [0.4, 0.5) is 10.5 Å². The summed E-state index contributed by atoms with van der Waals surface area (Å²) in [6, 6.07) is 8.43. The number of hydrogen-bond acceptors (Lipinski definition) is 7. The van der Waals surface area contributed by atoms with Crippen molar-refractivity contribution in [1.82, 2.24) is 30.0 Å². The van der Waals surface area contributed by atoms with Crippen molar-refractivity contribution < 1.29 is 14.6 Å². The predicted octanol–water partition coefficient (Wildman–Crippen LogP) is 3.94. The van der Waals surface area contributed by atoms with Crippen LogP contribution in [0.1, 0.15) is 25.7 Å². The number of nitrogens with zero attached hydrogens (tertiary/aromatic N) is 6. The summed E-state index contributed by atoms with van der Waals surface area (Å²) in [7, 11) is 2.16. The van der Waals surface area contributed by atoms with E-state index in [4.69, 9.17) is 21.4 Å². The highest BCUT2D eigenvalue weighted by Crippen LogP contribution is 2.34. The van der Waals surface area contributed by atoms with Gasteiger partial charge in [-0.25, -0.2) is 19.4 Å². The number of rotatable bonds is 7. The van der Waals surface area contributed by atoms with Gasteiger partial charge in [0, 0.05) is 49.7 Å². The van der Waals surface area contributed by atoms with Crippen molar-refractivity contribution in [1.29, 1.82) is 0 Å². The number of benzene rings is 1. The zero-order valence-corrected chi connectivity index (χ0v) is 21.6. The van der Waals surface area contributed by atoms with Gasteiger partial charge in [0.2, 0.25) is 0 Å². The minimum absolute atomic E-state index is 0.00872. The first-order chi connectivity index (χ1) is 18.0. The minimum atomic E-state index is -0.968. The fraction of sp³-hybridized carbons (Fsp3) is 0.462. The second kappa shape index (κ2) is 11.4. The molecule has 2 aromatic heterocycles. The molecule has 2 aliphatic rings. The SMILES string of the molecule is CN1CCN(c2ccc(-n3cc(-c4ncnc(Cl)c4OCC4CCC(NC(=O)O)CC4)cn3)cc2)CC1. The van der Waals surface area contributed by atoms with Gasteiger partial charge in [-0.3, -0.25) is 0 Å². The molecule has 0 bridgehead atoms. The average molecular weight is 526 g/mol. The molecule has 0 unspecified atom stereocenters. The number of nitrogens with one attached hydrogen (secondary N) is 1. The number of aromatic nitrogens is 4. The highest BCUT2D eigenvalue weighted by atomic mass is 35.5. The topological polar surface area (TPSA) is 109 Å². The van der Waals surface area contributed by atoms with Gasteiger partial charge in [0.25, 0.3) is 0 Å². The van der Waals surface area contributed by atoms with E-state index in [0.29, 0.717) is 24.0 Å². The summed E-state index contributed by atoms with van der Waals surface area (Å²) in [5.74, 6) is 0.762. The Morgan fingerprint density at radius 1 is 1.08 bits per heavy atom. The standard InChI is InChI=1S/C26H32ClN7O3/c1-32-10-12-33(13-11-32)21-6-8-22(9-7-21)34-15-19(14-30-34)23-24(25(27)29-17-28-23)37-16-18-2-4-20(5-3-18)31-26(35)36/h6-9,14-15,17-18,20,31H,2-5,10-13,16H2,1H3,(H,35,36). The Morgan fingerprint density at radius 2 is 1.78 bits per heavy atom. The van der Waals surface area contributed by atoms with Crippen LogP contribution in [0, 0.1) is 5.92 Å². The lowest BCUT2D eigenvalue weighted by Crippen LogP contribution is -2.44. The molecule has 10 nitrogen and oxygen atoms in total. The van der Waals surface area contributed by atoms with E-state index in [1.165, 1.54) is 12.0 Å². The molecular weight excluding hydrogens is 494 g/mol. The molecule has 5 rings (SSSR count). The van der Waals surface area contributed by atoms with Gasteiger partial charge >= 0.3 is 6.09 Å². The molecule has 3 heterocycles. The van der Waals surface area contributed by atoms with Gasteiger partial charge in [0.1, 0.15) is 12.0 Å². The minimum Gasteiger partial charge on any atom is -0.488 e. The van der Waals surface area contributed by atoms with E-state index in [9.17, 15) is 4.79 Å². The zero-order valence-electron chi connectivity index (χ0n) is 20.9. The number of carbonyl (C=O) groups is 1. The lowest BCUT2D eigenvalue weighted by molar-refractivity contribution is 0.169. The van der Waals surface area contributed by atoms with Crippen LogP contribution in [0.25, 0.3) is 16.9 Å². The van der Waals surface area contributed by atoms with Crippen LogP contribution in [-0.2, 0) is 0 Å². The van der Waals surface area contributed by atoms with Gasteiger partial charge in [-0.1, -0.05) is 11.6 Å². The number of ether oxygens (including phenoxy) is 1. The zero-order chi connectivity index (χ0) is 25.8. The fourth-order valence-electron chi connectivity index (χ4n) is 5.00. The lowest BCUT2D eigenvalue weighted by atomic mass is 9.86. The first-order valence-corrected chi connectivity index (χ1v) is 13.1. The van der Waals surface area contributed by atoms with E-state index in [1.807, 2.05) is 10.9 Å². The molecule has 1 aromatic carbocycles. The highest BCUT2D eigenvalue weighted by molar-refractivity contribution is 6.31. The average Bonchev–Trinajstić information content (AvgIpc) is 3.39. The number of carboxylic acid groups (broad SMARTS) is 1. The van der Waals surface area contributed by atoms with E-state index >= 15 is 0 Å². The van der Waals surface area contributed by atoms with Gasteiger partial charge in [0.15, 0.2) is 10.9 Å². The quantitative estimate of drug-likeness (QED) is 0.446. The summed E-state index contributed by atoms with van der Waals surface area (Å²) in [6.45, 7) is 4.67. The Labute approximate surface area is 221 Å². The number of amides is 1. The molecule has 1 amide bonds. The van der Waals surface area contributed by atoms with Crippen molar-refractivity contribution in [3.8, 4) is 22.7 Å². The molecular formula is C26H32ClN7O3. The van der Waals surface area contributed by atoms with Crippen LogP contribution in [-0.4, -0.2) is 81.7 Å². The Kier molecular flexibility index (Phi) is 7.76. The molecule has 0 radical (unpaired) electrons. The number of halogens is 1. The van der Waals surface area contributed by atoms with E-state index in [-0.39, 0.29) is 11.2 Å². The summed E-state index contributed by atoms with van der Waals surface area (Å²) in [5.41, 5.74) is 3.56. The molecule has 3 aromatic rings. The lowest BCUT2D eigenvalue weighted by Gasteiger charge is -2.34. The van der Waals surface area contributed by atoms with Crippen LogP contribution in [0.15, 0.2) is 43.0 Å². The third-order valence-electron chi connectivity index (χ3n) is 7.24. The molecule has 37 heavy (non-hydrogen) atoms. The number of likely N-dealkylation sites (N-methyl/N-ethyl adjacent to an activating group) is 1. The monoisotopic (exact) mass is 525 g/mol. The van der Waals surface area contributed by atoms with E-state index in [1.54, 1.807) is 6.20 Å². The van der Waals surface area contributed by atoms with Crippen LogP contribution in [0.5, 0.6) is 5.75 Å². The summed E-state index contributed by atoms with van der Waals surface area (Å²) < 4.78 is 7.96. The molecule has 0 atom stereocenters. The van der Waals surface area contributed by atoms with Crippen molar-refractivity contribution >= 4 is 23.4 Å². The van der Waals surface area contributed by atoms with Gasteiger partial charge < -0.3 is 25.0 Å². The second-order valence-corrected chi connectivity index (χ2v) is 10.2. The molecule has 1 aliphatic heterocycles. The maximum Gasteiger partial charge on any atom is 0.404 e. The third kappa shape index (κ3) is 6.14. The summed E-state index contributed by atoms with van der Waals surface area (Å²) >= 11 is 6.42. The first-order valence-electron chi connectivity index (χ1n) is 12.7. The van der Waals surface area contributed by atoms with E-state index in [0.717, 1.165) is 63.1 Å². The van der Waals surface area contributed by atoms with Crippen molar-refractivity contribution in [3.05, 3.63) is 48.1 Å². The van der Waals surface area contributed by atoms with Crippen LogP contribution in [0.2, 0.25) is 5.15 Å². The smallest absolute Gasteiger partial charge is 0.404 e. The molecule has 2 fully saturated rings. The number of hydrogen-bond donors (Lipinski definition) is 2. The molecule has 196 valence electrons.